The molecule has 0 atom stereocenters. The van der Waals surface area contributed by atoms with E-state index in [2.05, 4.69) is 0 Å². The number of hydrogen-bond acceptors (Lipinski definition) is 2. The van der Waals surface area contributed by atoms with Crippen molar-refractivity contribution in [1.82, 2.24) is 6.15 Å². The number of carbonyl (C=O) groups is 1. The molecule has 0 aromatic heterocycles. The van der Waals surface area contributed by atoms with Gasteiger partial charge in [-0.3, -0.25) is 0 Å². The molecule has 0 aliphatic carbocycles. The maximum atomic E-state index is 8.56. The molecule has 75 valence electrons. The topological polar surface area (TPSA) is 227 Å². The van der Waals surface area contributed by atoms with Crippen molar-refractivity contribution in [3.63, 3.8) is 0 Å². The average molecular weight is 207 g/mol. The second kappa shape index (κ2) is 73.8. The third kappa shape index (κ3) is 1960. The summed E-state index contributed by atoms with van der Waals surface area (Å²) in [6.07, 6.45) is -1.83. The third-order valence-corrected chi connectivity index (χ3v) is 0. The molecule has 0 aromatic carbocycles. The Morgan fingerprint density at radius 3 is 0.900 bits per heavy atom. The normalized spacial score (nSPS) is 2.40. The molecule has 0 heterocycles. The first-order chi connectivity index (χ1) is 1.73. The summed E-state index contributed by atoms with van der Waals surface area (Å²) < 4.78 is 0. The van der Waals surface area contributed by atoms with Crippen LogP contribution in [0.3, 0.4) is 0 Å². The van der Waals surface area contributed by atoms with E-state index in [1.54, 1.807) is 0 Å². The van der Waals surface area contributed by atoms with Crippen LogP contribution >= 0.6 is 0 Å². The van der Waals surface area contributed by atoms with E-state index in [1.807, 2.05) is 0 Å². The van der Waals surface area contributed by atoms with Gasteiger partial charge in [0.15, 0.2) is 0 Å². The van der Waals surface area contributed by atoms with Gasteiger partial charge in [0, 0.05) is 17.1 Å². The second-order valence-corrected chi connectivity index (χ2v) is 0.283. The molecule has 8 nitrogen and oxygen atoms in total. The van der Waals surface area contributed by atoms with Crippen LogP contribution in [0.2, 0.25) is 0 Å². The molecule has 0 rings (SSSR count). The van der Waals surface area contributed by atoms with Gasteiger partial charge < -0.3 is 41.0 Å². The fourth-order valence-corrected chi connectivity index (χ4v) is 0. The molecule has 0 saturated heterocycles. The predicted octanol–water partition coefficient (Wildman–Crippen LogP) is 3.25. The van der Waals surface area contributed by atoms with Crippen molar-refractivity contribution in [2.45, 2.75) is 0 Å². The standard InChI is InChI=1S/CH2O3.Cu.H3N.4H2N/c2-1(3)4;;;;;;/h(H2,2,3,4);;1H3;4*1H2/q;;;4*-1. The van der Waals surface area contributed by atoms with E-state index in [1.165, 1.54) is 0 Å². The molecule has 0 aliphatic rings. The molecule has 0 unspecified atom stereocenters. The Hall–Kier alpha value is -0.411. The minimum Gasteiger partial charge on any atom is -0.693 e. The molecule has 0 fully saturated rings. The van der Waals surface area contributed by atoms with Crippen molar-refractivity contribution < 1.29 is 32.1 Å². The van der Waals surface area contributed by atoms with Gasteiger partial charge in [0.25, 0.3) is 0 Å². The fourth-order valence-electron chi connectivity index (χ4n) is 0. The Bertz CT molecular complexity index is 39.9. The first kappa shape index (κ1) is 106. The van der Waals surface area contributed by atoms with Crippen LogP contribution in [-0.4, -0.2) is 16.4 Å². The van der Waals surface area contributed by atoms with Crippen LogP contribution in [0.15, 0.2) is 0 Å². The van der Waals surface area contributed by atoms with Gasteiger partial charge in [0.05, 0.1) is 0 Å². The van der Waals surface area contributed by atoms with Crippen molar-refractivity contribution in [2.75, 3.05) is 0 Å². The van der Waals surface area contributed by atoms with Gasteiger partial charge >= 0.3 is 6.16 Å². The van der Waals surface area contributed by atoms with Gasteiger partial charge in [-0.2, -0.15) is 0 Å². The quantitative estimate of drug-likeness (QED) is 0.506. The first-order valence-electron chi connectivity index (χ1n) is 0.651. The average Bonchev–Trinajstić information content (AvgIpc) is 0.811. The first-order valence-corrected chi connectivity index (χ1v) is 0.651. The van der Waals surface area contributed by atoms with Crippen LogP contribution in [0, 0.1) is 0 Å². The van der Waals surface area contributed by atoms with Crippen molar-refractivity contribution in [2.24, 2.45) is 0 Å². The predicted molar refractivity (Wildman–Crippen MR) is 36.8 cm³/mol. The molecule has 13 N–H and O–H groups in total. The number of nitrogens with two attached hydrogens (primary N) is 4. The molecular weight excluding hydrogens is 194 g/mol. The fraction of sp³-hybridized carbons (Fsp3) is 0. The van der Waals surface area contributed by atoms with Gasteiger partial charge in [-0.15, -0.1) is 0 Å². The van der Waals surface area contributed by atoms with Crippen LogP contribution in [0.25, 0.3) is 24.6 Å². The summed E-state index contributed by atoms with van der Waals surface area (Å²) in [5.41, 5.74) is 0. The van der Waals surface area contributed by atoms with E-state index in [0.717, 1.165) is 0 Å². The zero-order valence-electron chi connectivity index (χ0n) is 5.12. The molecule has 0 amide bonds. The SMILES string of the molecule is N.O=C(O)O.[Cu].[NH2-].[NH2-].[NH2-].[NH2-]. The zero-order valence-corrected chi connectivity index (χ0v) is 6.06. The number of carboxylic acid groups (broad SMARTS) is 2. The van der Waals surface area contributed by atoms with Crippen molar-refractivity contribution in [3.8, 4) is 0 Å². The molecule has 0 aromatic rings. The van der Waals surface area contributed by atoms with Gasteiger partial charge in [-0.05, 0) is 0 Å². The van der Waals surface area contributed by atoms with Gasteiger partial charge in [0.2, 0.25) is 0 Å². The summed E-state index contributed by atoms with van der Waals surface area (Å²) in [7, 11) is 0. The van der Waals surface area contributed by atoms with Crippen molar-refractivity contribution in [1.29, 1.82) is 0 Å². The summed E-state index contributed by atoms with van der Waals surface area (Å²) in [4.78, 5) is 8.56. The monoisotopic (exact) mass is 206 g/mol. The minimum absolute atomic E-state index is 0. The maximum absolute atomic E-state index is 8.56. The summed E-state index contributed by atoms with van der Waals surface area (Å²) in [5, 5.41) is 13.9. The molecule has 9 heteroatoms. The second-order valence-electron chi connectivity index (χ2n) is 0.283. The number of hydrogen-bond donors (Lipinski definition) is 3. The van der Waals surface area contributed by atoms with E-state index in [-0.39, 0.29) is 47.8 Å². The Morgan fingerprint density at radius 1 is 0.900 bits per heavy atom. The van der Waals surface area contributed by atoms with Gasteiger partial charge in [-0.1, -0.05) is 0 Å². The molecule has 0 spiro atoms. The summed E-state index contributed by atoms with van der Waals surface area (Å²) in [6.45, 7) is 0. The van der Waals surface area contributed by atoms with E-state index in [9.17, 15) is 0 Å². The third-order valence-electron chi connectivity index (χ3n) is 0. The Morgan fingerprint density at radius 2 is 0.900 bits per heavy atom. The van der Waals surface area contributed by atoms with Crippen LogP contribution in [0.1, 0.15) is 0 Å². The molecule has 0 saturated carbocycles. The summed E-state index contributed by atoms with van der Waals surface area (Å²) in [6, 6.07) is 0. The van der Waals surface area contributed by atoms with E-state index in [0.29, 0.717) is 0 Å². The van der Waals surface area contributed by atoms with Crippen LogP contribution in [0.5, 0.6) is 0 Å². The van der Waals surface area contributed by atoms with Gasteiger partial charge in [0.1, 0.15) is 0 Å². The smallest absolute Gasteiger partial charge is 0.503 e. The molecule has 1 radical (unpaired) electrons. The van der Waals surface area contributed by atoms with Crippen LogP contribution in [0.4, 0.5) is 4.79 Å². The Kier molecular flexibility index (Phi) is 779. The van der Waals surface area contributed by atoms with E-state index < -0.39 is 6.16 Å². The minimum atomic E-state index is -1.83. The number of rotatable bonds is 0. The van der Waals surface area contributed by atoms with Crippen LogP contribution < -0.4 is 6.15 Å². The summed E-state index contributed by atoms with van der Waals surface area (Å²) >= 11 is 0. The molecule has 10 heavy (non-hydrogen) atoms. The zero-order chi connectivity index (χ0) is 3.58. The Labute approximate surface area is 69.8 Å². The van der Waals surface area contributed by atoms with Crippen molar-refractivity contribution >= 4 is 6.16 Å². The van der Waals surface area contributed by atoms with Gasteiger partial charge in [-0.25, -0.2) is 4.79 Å². The summed E-state index contributed by atoms with van der Waals surface area (Å²) in [5.74, 6) is 0. The molecule has 0 aliphatic heterocycles. The largest absolute Gasteiger partial charge is 0.693 e. The van der Waals surface area contributed by atoms with Crippen molar-refractivity contribution in [3.05, 3.63) is 24.6 Å². The maximum Gasteiger partial charge on any atom is 0.503 e. The van der Waals surface area contributed by atoms with E-state index >= 15 is 0 Å². The van der Waals surface area contributed by atoms with Crippen LogP contribution in [-0.2, 0) is 17.1 Å². The van der Waals surface area contributed by atoms with E-state index in [4.69, 9.17) is 15.0 Å². The molecular formula is CH13CuN5O3-4. The Balaban J connectivity index is -0.00000000300. The molecule has 0 bridgehead atoms.